The van der Waals surface area contributed by atoms with Gasteiger partial charge in [-0.05, 0) is 0 Å². The van der Waals surface area contributed by atoms with Gasteiger partial charge in [0.25, 0.3) is 0 Å². The fourth-order valence-electron chi connectivity index (χ4n) is 6.45. The van der Waals surface area contributed by atoms with Gasteiger partial charge in [-0.3, -0.25) is 0 Å². The molecule has 1 nitrogen and oxygen atoms in total. The van der Waals surface area contributed by atoms with Crippen LogP contribution in [0.2, 0.25) is 13.1 Å². The van der Waals surface area contributed by atoms with Crippen LogP contribution in [0.5, 0.6) is 0 Å². The normalized spacial score (nSPS) is 17.4. The zero-order valence-corrected chi connectivity index (χ0v) is 25.8. The van der Waals surface area contributed by atoms with Gasteiger partial charge < -0.3 is 0 Å². The van der Waals surface area contributed by atoms with Gasteiger partial charge in [-0.15, -0.1) is 0 Å². The summed E-state index contributed by atoms with van der Waals surface area (Å²) in [6.45, 7) is 12.4. The van der Waals surface area contributed by atoms with E-state index in [1.54, 1.807) is 0 Å². The first-order valence-corrected chi connectivity index (χ1v) is 26.2. The molecule has 4 heteroatoms. The van der Waals surface area contributed by atoms with Crippen LogP contribution in [0.4, 0.5) is 0 Å². The molecule has 0 bridgehead atoms. The van der Waals surface area contributed by atoms with Crippen LogP contribution in [0, 0.1) is 0 Å². The van der Waals surface area contributed by atoms with Crippen LogP contribution in [0.1, 0.15) is 46.7 Å². The summed E-state index contributed by atoms with van der Waals surface area (Å²) in [7, 11) is 0. The predicted molar refractivity (Wildman–Crippen MR) is 148 cm³/mol. The second-order valence-electron chi connectivity index (χ2n) is 11.3. The van der Waals surface area contributed by atoms with Crippen molar-refractivity contribution in [2.75, 3.05) is 0 Å². The zero-order chi connectivity index (χ0) is 23.7. The van der Waals surface area contributed by atoms with E-state index in [0.29, 0.717) is 3.63 Å². The molecule has 0 saturated heterocycles. The van der Waals surface area contributed by atoms with Crippen molar-refractivity contribution in [1.82, 2.24) is 3.26 Å². The van der Waals surface area contributed by atoms with Crippen molar-refractivity contribution in [1.29, 1.82) is 0 Å². The summed E-state index contributed by atoms with van der Waals surface area (Å²) in [4.78, 5) is 0. The monoisotopic (exact) mass is 596 g/mol. The maximum atomic E-state index is 4.59. The third-order valence-corrected chi connectivity index (χ3v) is 53.3. The molecule has 0 fully saturated rings. The Labute approximate surface area is 210 Å². The molecule has 33 heavy (non-hydrogen) atoms. The molecule has 1 N–H and O–H groups in total. The Kier molecular flexibility index (Phi) is 7.23. The minimum absolute atomic E-state index is 0.0386. The van der Waals surface area contributed by atoms with E-state index >= 15 is 0 Å². The average Bonchev–Trinajstić information content (AvgIpc) is 3.10. The molecule has 4 rings (SSSR count). The Bertz CT molecular complexity index is 1090. The number of allylic oxidation sites excluding steroid dienone is 1. The summed E-state index contributed by atoms with van der Waals surface area (Å²) in [5.41, 5.74) is 5.93. The summed E-state index contributed by atoms with van der Waals surface area (Å²) in [5.74, 6) is -1.22. The van der Waals surface area contributed by atoms with Crippen molar-refractivity contribution < 1.29 is 18.2 Å². The standard InChI is InChI=1S/C9H6Br.2C7H7.C4H10N.C2H7Si.Zr/c10-9-5-7-3-1-2-4-8(7)6-9;2*1-7-5-3-2-4-6-7;1-4(2,3)5;1-3-2;/h1-6H;2*2-6H,1H2;5H,1-3H3;3H,1-2H3;/q;;;-1;;+1. The number of rotatable bonds is 7. The molecule has 1 aliphatic carbocycles. The van der Waals surface area contributed by atoms with Gasteiger partial charge in [0.1, 0.15) is 0 Å². The Morgan fingerprint density at radius 1 is 0.788 bits per heavy atom. The van der Waals surface area contributed by atoms with E-state index in [4.69, 9.17) is 0 Å². The van der Waals surface area contributed by atoms with Gasteiger partial charge in [-0.2, -0.15) is 0 Å². The van der Waals surface area contributed by atoms with E-state index in [1.807, 2.05) is 0 Å². The molecule has 173 valence electrons. The molecule has 3 aromatic rings. The van der Waals surface area contributed by atoms with Crippen molar-refractivity contribution in [3.05, 3.63) is 112 Å². The summed E-state index contributed by atoms with van der Waals surface area (Å²) < 4.78 is 8.82. The van der Waals surface area contributed by atoms with Gasteiger partial charge >= 0.3 is 212 Å². The topological polar surface area (TPSA) is 12.0 Å². The summed E-state index contributed by atoms with van der Waals surface area (Å²) >= 11 is 0.205. The first-order valence-electron chi connectivity index (χ1n) is 12.1. The van der Waals surface area contributed by atoms with Gasteiger partial charge in [0.15, 0.2) is 0 Å². The van der Waals surface area contributed by atoms with Crippen molar-refractivity contribution in [3.63, 3.8) is 0 Å². The Balaban J connectivity index is 2.06. The van der Waals surface area contributed by atoms with E-state index in [0.717, 1.165) is 0 Å². The average molecular weight is 599 g/mol. The fraction of sp³-hybridized carbons (Fsp3) is 0.310. The Morgan fingerprint density at radius 2 is 1.27 bits per heavy atom. The third kappa shape index (κ3) is 4.87. The third-order valence-electron chi connectivity index (χ3n) is 7.66. The number of hydrogen-bond acceptors (Lipinski definition) is 1. The zero-order valence-electron chi connectivity index (χ0n) is 20.6. The summed E-state index contributed by atoms with van der Waals surface area (Å²) in [6.07, 6.45) is 2.41. The van der Waals surface area contributed by atoms with E-state index in [9.17, 15) is 0 Å². The van der Waals surface area contributed by atoms with Gasteiger partial charge in [0.05, 0.1) is 0 Å². The second kappa shape index (κ2) is 9.53. The first-order chi connectivity index (χ1) is 15.6. The number of benzene rings is 3. The van der Waals surface area contributed by atoms with Crippen LogP contribution in [0.15, 0.2) is 89.4 Å². The second-order valence-corrected chi connectivity index (χ2v) is 44.6. The molecular weight excluding hydrogens is 562 g/mol. The Morgan fingerprint density at radius 3 is 1.76 bits per heavy atom. The SMILES string of the molecule is C[SiH](C)[Zr]([CH2]c1ccccc1)([CH2]c1ccccc1)([NH]C(C)(C)C)[CH]1C(Br)=Cc2ccccc21. The fourth-order valence-corrected chi connectivity index (χ4v) is 51.3. The van der Waals surface area contributed by atoms with Crippen LogP contribution in [0.3, 0.4) is 0 Å². The van der Waals surface area contributed by atoms with Gasteiger partial charge in [-0.25, -0.2) is 0 Å². The molecule has 0 heterocycles. The molecule has 3 aromatic carbocycles. The van der Waals surface area contributed by atoms with E-state index in [2.05, 4.69) is 144 Å². The van der Waals surface area contributed by atoms with Crippen LogP contribution in [-0.4, -0.2) is 11.5 Å². The van der Waals surface area contributed by atoms with E-state index in [-0.39, 0.29) is 5.54 Å². The van der Waals surface area contributed by atoms with Crippen molar-refractivity contribution in [3.8, 4) is 0 Å². The molecular formula is C29H37BrNSiZr. The predicted octanol–water partition coefficient (Wildman–Crippen LogP) is 7.85. The molecule has 1 unspecified atom stereocenters. The quantitative estimate of drug-likeness (QED) is 0.273. The number of halogens is 1. The van der Waals surface area contributed by atoms with Gasteiger partial charge in [0.2, 0.25) is 0 Å². The molecule has 1 aliphatic rings. The van der Waals surface area contributed by atoms with Gasteiger partial charge in [-0.1, -0.05) is 0 Å². The number of fused-ring (bicyclic) bond motifs is 1. The van der Waals surface area contributed by atoms with Crippen LogP contribution >= 0.6 is 15.9 Å². The first kappa shape index (κ1) is 25.0. The molecule has 0 amide bonds. The van der Waals surface area contributed by atoms with Crippen LogP contribution < -0.4 is 3.26 Å². The van der Waals surface area contributed by atoms with Crippen molar-refractivity contribution in [2.45, 2.75) is 51.3 Å². The van der Waals surface area contributed by atoms with Crippen molar-refractivity contribution in [2.24, 2.45) is 0 Å². The molecule has 0 spiro atoms. The van der Waals surface area contributed by atoms with Crippen LogP contribution in [-0.2, 0) is 26.5 Å². The Hall–Kier alpha value is -1.06. The summed E-state index contributed by atoms with van der Waals surface area (Å²) in [6, 6.07) is 31.7. The van der Waals surface area contributed by atoms with Gasteiger partial charge in [0, 0.05) is 0 Å². The molecule has 0 saturated carbocycles. The number of hydrogen-bond donors (Lipinski definition) is 1. The van der Waals surface area contributed by atoms with Crippen molar-refractivity contribution >= 4 is 27.9 Å². The minimum atomic E-state index is -3.95. The molecule has 1 atom stereocenters. The molecule has 0 radical (unpaired) electrons. The van der Waals surface area contributed by atoms with E-state index < -0.39 is 24.2 Å². The van der Waals surface area contributed by atoms with Crippen LogP contribution in [0.25, 0.3) is 6.08 Å². The number of nitrogens with one attached hydrogen (secondary N) is 1. The maximum absolute atomic E-state index is 4.59. The molecule has 0 aromatic heterocycles. The summed E-state index contributed by atoms with van der Waals surface area (Å²) in [5, 5.41) is 0. The molecule has 0 aliphatic heterocycles. The van der Waals surface area contributed by atoms with E-state index in [1.165, 1.54) is 35.0 Å².